The van der Waals surface area contributed by atoms with Crippen LogP contribution in [0.2, 0.25) is 0 Å². The zero-order valence-corrected chi connectivity index (χ0v) is 13.2. The highest BCUT2D eigenvalue weighted by molar-refractivity contribution is 7.92. The van der Waals surface area contributed by atoms with Crippen LogP contribution in [0, 0.1) is 11.7 Å². The minimum atomic E-state index is -3.07. The number of carbonyl (C=O) groups is 1. The molecule has 1 aromatic carbocycles. The molecule has 2 atom stereocenters. The van der Waals surface area contributed by atoms with Crippen molar-refractivity contribution in [3.05, 3.63) is 29.6 Å². The lowest BCUT2D eigenvalue weighted by Crippen LogP contribution is -2.45. The number of Topliss-reactive ketones (excluding diaryl/α,β-unsaturated/α-hetero) is 1. The maximum atomic E-state index is 13.4. The average molecular weight is 326 g/mol. The number of sulfone groups is 1. The van der Waals surface area contributed by atoms with Gasteiger partial charge in [-0.3, -0.25) is 4.79 Å². The van der Waals surface area contributed by atoms with Crippen molar-refractivity contribution >= 4 is 15.6 Å². The predicted molar refractivity (Wildman–Crippen MR) is 80.4 cm³/mol. The number of fused-ring (bicyclic) bond motifs is 2. The molecular formula is C16H19FO4S. The monoisotopic (exact) mass is 326 g/mol. The number of rotatable bonds is 3. The highest BCUT2D eigenvalue weighted by Gasteiger charge is 2.46. The van der Waals surface area contributed by atoms with Crippen LogP contribution in [0.5, 0.6) is 5.75 Å². The fourth-order valence-electron chi connectivity index (χ4n) is 3.67. The van der Waals surface area contributed by atoms with Crippen molar-refractivity contribution < 1.29 is 22.3 Å². The molecule has 3 rings (SSSR count). The Labute approximate surface area is 129 Å². The molecule has 1 aromatic rings. The van der Waals surface area contributed by atoms with E-state index in [9.17, 15) is 17.6 Å². The van der Waals surface area contributed by atoms with Gasteiger partial charge in [0.15, 0.2) is 27.2 Å². The standard InChI is InChI=1S/C16H19FO4S/c1-21-15-9-10(5-6-14(15)17)16(18)11-7-12-3-2-4-13(8-11)22(12,19)20/h5-6,9,11-13H,2-4,7-8H2,1H3. The van der Waals surface area contributed by atoms with E-state index in [1.165, 1.54) is 25.3 Å². The van der Waals surface area contributed by atoms with Crippen molar-refractivity contribution in [2.75, 3.05) is 7.11 Å². The molecule has 0 N–H and O–H groups in total. The normalized spacial score (nSPS) is 29.8. The van der Waals surface area contributed by atoms with E-state index in [0.717, 1.165) is 6.42 Å². The minimum absolute atomic E-state index is 0.0366. The number of halogens is 1. The van der Waals surface area contributed by atoms with Crippen molar-refractivity contribution in [1.29, 1.82) is 0 Å². The van der Waals surface area contributed by atoms with E-state index in [2.05, 4.69) is 0 Å². The first-order valence-electron chi connectivity index (χ1n) is 7.54. The summed E-state index contributed by atoms with van der Waals surface area (Å²) in [6, 6.07) is 4.06. The summed E-state index contributed by atoms with van der Waals surface area (Å²) in [6.45, 7) is 0. The fraction of sp³-hybridized carbons (Fsp3) is 0.562. The van der Waals surface area contributed by atoms with Crippen molar-refractivity contribution in [2.24, 2.45) is 5.92 Å². The van der Waals surface area contributed by atoms with Gasteiger partial charge in [-0.15, -0.1) is 0 Å². The first-order valence-corrected chi connectivity index (χ1v) is 9.15. The zero-order chi connectivity index (χ0) is 15.9. The Morgan fingerprint density at radius 2 is 1.86 bits per heavy atom. The smallest absolute Gasteiger partial charge is 0.166 e. The lowest BCUT2D eigenvalue weighted by molar-refractivity contribution is 0.0893. The quantitative estimate of drug-likeness (QED) is 0.801. The van der Waals surface area contributed by atoms with E-state index >= 15 is 0 Å². The molecule has 6 heteroatoms. The van der Waals surface area contributed by atoms with Crippen LogP contribution in [0.1, 0.15) is 42.5 Å². The van der Waals surface area contributed by atoms with Gasteiger partial charge in [-0.1, -0.05) is 6.42 Å². The molecule has 2 heterocycles. The molecule has 2 aliphatic heterocycles. The maximum Gasteiger partial charge on any atom is 0.166 e. The highest BCUT2D eigenvalue weighted by Crippen LogP contribution is 2.40. The summed E-state index contributed by atoms with van der Waals surface area (Å²) < 4.78 is 42.9. The number of ketones is 1. The molecule has 0 amide bonds. The third kappa shape index (κ3) is 2.53. The van der Waals surface area contributed by atoms with E-state index in [-0.39, 0.29) is 17.5 Å². The van der Waals surface area contributed by atoms with E-state index < -0.39 is 26.2 Å². The Balaban J connectivity index is 1.85. The first-order chi connectivity index (χ1) is 10.4. The third-order valence-electron chi connectivity index (χ3n) is 4.88. The van der Waals surface area contributed by atoms with Crippen LogP contribution in [-0.2, 0) is 9.84 Å². The largest absolute Gasteiger partial charge is 0.494 e. The van der Waals surface area contributed by atoms with Crippen LogP contribution in [0.3, 0.4) is 0 Å². The first kappa shape index (κ1) is 15.5. The maximum absolute atomic E-state index is 13.4. The molecule has 2 bridgehead atoms. The van der Waals surface area contributed by atoms with Crippen LogP contribution >= 0.6 is 0 Å². The summed E-state index contributed by atoms with van der Waals surface area (Å²) in [6.07, 6.45) is 2.99. The van der Waals surface area contributed by atoms with Crippen LogP contribution in [0.4, 0.5) is 4.39 Å². The summed E-state index contributed by atoms with van der Waals surface area (Å²) in [5.74, 6) is -0.879. The summed E-state index contributed by atoms with van der Waals surface area (Å²) in [5, 5.41) is -0.785. The summed E-state index contributed by atoms with van der Waals surface area (Å²) >= 11 is 0. The lowest BCUT2D eigenvalue weighted by atomic mass is 9.84. The summed E-state index contributed by atoms with van der Waals surface area (Å²) in [7, 11) is -1.72. The van der Waals surface area contributed by atoms with Crippen molar-refractivity contribution in [3.8, 4) is 5.75 Å². The van der Waals surface area contributed by atoms with E-state index in [0.29, 0.717) is 31.2 Å². The van der Waals surface area contributed by atoms with Crippen molar-refractivity contribution in [1.82, 2.24) is 0 Å². The van der Waals surface area contributed by atoms with Crippen molar-refractivity contribution in [3.63, 3.8) is 0 Å². The van der Waals surface area contributed by atoms with Crippen molar-refractivity contribution in [2.45, 2.75) is 42.6 Å². The summed E-state index contributed by atoms with van der Waals surface area (Å²) in [4.78, 5) is 12.6. The SMILES string of the molecule is COc1cc(C(=O)C2CC3CCCC(C2)S3(=O)=O)ccc1F. The Bertz CT molecular complexity index is 678. The van der Waals surface area contributed by atoms with Crippen LogP contribution in [0.15, 0.2) is 18.2 Å². The second kappa shape index (κ2) is 5.65. The van der Waals surface area contributed by atoms with Gasteiger partial charge in [-0.05, 0) is 43.9 Å². The van der Waals surface area contributed by atoms with Crippen LogP contribution in [0.25, 0.3) is 0 Å². The molecule has 0 spiro atoms. The zero-order valence-electron chi connectivity index (χ0n) is 12.4. The number of methoxy groups -OCH3 is 1. The molecule has 0 saturated carbocycles. The van der Waals surface area contributed by atoms with Gasteiger partial charge in [0, 0.05) is 11.5 Å². The Morgan fingerprint density at radius 3 is 2.45 bits per heavy atom. The number of ether oxygens (including phenoxy) is 1. The molecule has 2 saturated heterocycles. The number of benzene rings is 1. The van der Waals surface area contributed by atoms with Gasteiger partial charge in [0.2, 0.25) is 0 Å². The molecule has 22 heavy (non-hydrogen) atoms. The Morgan fingerprint density at radius 1 is 1.23 bits per heavy atom. The molecule has 0 radical (unpaired) electrons. The minimum Gasteiger partial charge on any atom is -0.494 e. The Hall–Kier alpha value is -1.43. The molecule has 4 nitrogen and oxygen atoms in total. The van der Waals surface area contributed by atoms with Gasteiger partial charge in [-0.25, -0.2) is 12.8 Å². The average Bonchev–Trinajstić information content (AvgIpc) is 2.46. The molecule has 2 aliphatic rings. The predicted octanol–water partition coefficient (Wildman–Crippen LogP) is 2.76. The lowest BCUT2D eigenvalue weighted by Gasteiger charge is -2.38. The molecular weight excluding hydrogens is 307 g/mol. The van der Waals surface area contributed by atoms with Gasteiger partial charge < -0.3 is 4.74 Å². The second-order valence-corrected chi connectivity index (χ2v) is 8.66. The van der Waals surface area contributed by atoms with Gasteiger partial charge in [0.25, 0.3) is 0 Å². The van der Waals surface area contributed by atoms with Crippen LogP contribution in [-0.4, -0.2) is 31.8 Å². The Kier molecular flexibility index (Phi) is 3.97. The van der Waals surface area contributed by atoms with Crippen LogP contribution < -0.4 is 4.74 Å². The molecule has 0 aromatic heterocycles. The second-order valence-electron chi connectivity index (χ2n) is 6.15. The van der Waals surface area contributed by atoms with E-state index in [4.69, 9.17) is 4.74 Å². The topological polar surface area (TPSA) is 60.4 Å². The molecule has 0 aliphatic carbocycles. The van der Waals surface area contributed by atoms with Gasteiger partial charge in [0.05, 0.1) is 17.6 Å². The number of carbonyl (C=O) groups excluding carboxylic acids is 1. The molecule has 120 valence electrons. The van der Waals surface area contributed by atoms with E-state index in [1.54, 1.807) is 0 Å². The number of hydrogen-bond acceptors (Lipinski definition) is 4. The highest BCUT2D eigenvalue weighted by atomic mass is 32.2. The van der Waals surface area contributed by atoms with E-state index in [1.807, 2.05) is 0 Å². The van der Waals surface area contributed by atoms with Gasteiger partial charge >= 0.3 is 0 Å². The fourth-order valence-corrected chi connectivity index (χ4v) is 6.21. The number of hydrogen-bond donors (Lipinski definition) is 0. The molecule has 2 fully saturated rings. The van der Waals surface area contributed by atoms with Gasteiger partial charge in [0.1, 0.15) is 0 Å². The molecule has 2 unspecified atom stereocenters. The third-order valence-corrected chi connectivity index (χ3v) is 7.60. The summed E-state index contributed by atoms with van der Waals surface area (Å²) in [5.41, 5.74) is 0.389. The van der Waals surface area contributed by atoms with Gasteiger partial charge in [-0.2, -0.15) is 0 Å².